The molecule has 0 radical (unpaired) electrons. The Hall–Kier alpha value is -1.80. The topological polar surface area (TPSA) is 102 Å². The summed E-state index contributed by atoms with van der Waals surface area (Å²) in [5.41, 5.74) is 6.95. The van der Waals surface area contributed by atoms with Crippen LogP contribution in [0, 0.1) is 0 Å². The highest BCUT2D eigenvalue weighted by Crippen LogP contribution is 2.11. The fourth-order valence-electron chi connectivity index (χ4n) is 1.67. The van der Waals surface area contributed by atoms with Crippen molar-refractivity contribution in [2.75, 3.05) is 12.3 Å². The molecule has 0 unspecified atom stereocenters. The van der Waals surface area contributed by atoms with Crippen molar-refractivity contribution in [3.63, 3.8) is 0 Å². The maximum Gasteiger partial charge on any atom is 0.422 e. The fourth-order valence-corrected chi connectivity index (χ4v) is 2.72. The zero-order valence-corrected chi connectivity index (χ0v) is 13.2. The van der Waals surface area contributed by atoms with Gasteiger partial charge in [0.15, 0.2) is 0 Å². The lowest BCUT2D eigenvalue weighted by Crippen LogP contribution is -2.43. The number of nitrogens with zero attached hydrogens (tertiary/aromatic N) is 1. The van der Waals surface area contributed by atoms with E-state index in [4.69, 9.17) is 10.5 Å². The van der Waals surface area contributed by atoms with Crippen molar-refractivity contribution in [1.82, 2.24) is 9.03 Å². The van der Waals surface area contributed by atoms with Crippen LogP contribution in [0.3, 0.4) is 0 Å². The molecule has 0 fully saturated rings. The zero-order chi connectivity index (χ0) is 16.0. The second kappa shape index (κ2) is 7.28. The third-order valence-corrected chi connectivity index (χ3v) is 4.05. The lowest BCUT2D eigenvalue weighted by molar-refractivity contribution is 0.121. The minimum absolute atomic E-state index is 0.117. The number of hydrogen-bond donors (Lipinski definition) is 2. The molecule has 1 aromatic rings. The Balaban J connectivity index is 2.80. The van der Waals surface area contributed by atoms with Crippen LogP contribution in [0.1, 0.15) is 26.3 Å². The lowest BCUT2D eigenvalue weighted by Gasteiger charge is -2.21. The smallest absolute Gasteiger partial charge is 0.422 e. The van der Waals surface area contributed by atoms with Crippen LogP contribution in [0.15, 0.2) is 24.3 Å². The standard InChI is InChI=1S/C13H21N3O4S/c1-4-16(9-11-6-5-7-12(14)8-11)21(18,19)15-13(17)20-10(2)3/h5-8,10H,4,9,14H2,1-3H3,(H,15,17). The fraction of sp³-hybridized carbons (Fsp3) is 0.462. The van der Waals surface area contributed by atoms with Gasteiger partial charge in [0.25, 0.3) is 0 Å². The van der Waals surface area contributed by atoms with Gasteiger partial charge in [-0.05, 0) is 31.5 Å². The van der Waals surface area contributed by atoms with Gasteiger partial charge >= 0.3 is 16.3 Å². The van der Waals surface area contributed by atoms with Gasteiger partial charge in [-0.2, -0.15) is 12.7 Å². The number of benzene rings is 1. The molecule has 1 rings (SSSR count). The molecule has 0 heterocycles. The van der Waals surface area contributed by atoms with Gasteiger partial charge in [0.1, 0.15) is 0 Å². The van der Waals surface area contributed by atoms with Crippen LogP contribution in [0.25, 0.3) is 0 Å². The number of anilines is 1. The predicted octanol–water partition coefficient (Wildman–Crippen LogP) is 1.47. The van der Waals surface area contributed by atoms with Crippen LogP contribution in [-0.4, -0.2) is 31.5 Å². The van der Waals surface area contributed by atoms with E-state index in [1.54, 1.807) is 45.0 Å². The number of ether oxygens (including phenoxy) is 1. The molecule has 0 aliphatic heterocycles. The molecule has 0 aromatic heterocycles. The molecule has 0 atom stereocenters. The maximum atomic E-state index is 12.1. The number of rotatable bonds is 6. The number of carbonyl (C=O) groups excluding carboxylic acids is 1. The van der Waals surface area contributed by atoms with Gasteiger partial charge in [-0.15, -0.1) is 0 Å². The minimum Gasteiger partial charge on any atom is -0.446 e. The first kappa shape index (κ1) is 17.3. The van der Waals surface area contributed by atoms with Crippen LogP contribution in [0.4, 0.5) is 10.5 Å². The number of nitrogen functional groups attached to an aromatic ring is 1. The molecule has 8 heteroatoms. The first-order valence-electron chi connectivity index (χ1n) is 6.57. The number of amides is 1. The van der Waals surface area contributed by atoms with Gasteiger partial charge in [-0.25, -0.2) is 9.52 Å². The average Bonchev–Trinajstić information content (AvgIpc) is 2.33. The van der Waals surface area contributed by atoms with Gasteiger partial charge in [-0.1, -0.05) is 19.1 Å². The van der Waals surface area contributed by atoms with E-state index < -0.39 is 22.4 Å². The molecular formula is C13H21N3O4S. The van der Waals surface area contributed by atoms with Gasteiger partial charge in [0, 0.05) is 18.8 Å². The predicted molar refractivity (Wildman–Crippen MR) is 80.6 cm³/mol. The van der Waals surface area contributed by atoms with E-state index in [2.05, 4.69) is 0 Å². The Morgan fingerprint density at radius 2 is 2.10 bits per heavy atom. The van der Waals surface area contributed by atoms with E-state index in [-0.39, 0.29) is 13.1 Å². The number of nitrogens with one attached hydrogen (secondary N) is 1. The number of nitrogens with two attached hydrogens (primary N) is 1. The summed E-state index contributed by atoms with van der Waals surface area (Å²) in [6, 6.07) is 6.91. The number of carbonyl (C=O) groups is 1. The number of hydrogen-bond acceptors (Lipinski definition) is 5. The Bertz CT molecular complexity index is 587. The molecule has 0 spiro atoms. The van der Waals surface area contributed by atoms with Crippen molar-refractivity contribution < 1.29 is 17.9 Å². The van der Waals surface area contributed by atoms with E-state index in [0.29, 0.717) is 5.69 Å². The Kier molecular flexibility index (Phi) is 5.98. The molecule has 1 amide bonds. The van der Waals surface area contributed by atoms with Crippen LogP contribution in [0.5, 0.6) is 0 Å². The molecule has 21 heavy (non-hydrogen) atoms. The molecule has 0 bridgehead atoms. The molecular weight excluding hydrogens is 294 g/mol. The SMILES string of the molecule is CCN(Cc1cccc(N)c1)S(=O)(=O)NC(=O)OC(C)C. The summed E-state index contributed by atoms with van der Waals surface area (Å²) < 4.78 is 32.0. The average molecular weight is 315 g/mol. The van der Waals surface area contributed by atoms with Crippen molar-refractivity contribution in [1.29, 1.82) is 0 Å². The summed E-state index contributed by atoms with van der Waals surface area (Å²) in [7, 11) is -3.96. The third kappa shape index (κ3) is 5.60. The van der Waals surface area contributed by atoms with Crippen molar-refractivity contribution in [3.05, 3.63) is 29.8 Å². The summed E-state index contributed by atoms with van der Waals surface area (Å²) in [4.78, 5) is 11.4. The van der Waals surface area contributed by atoms with Gasteiger partial charge in [-0.3, -0.25) is 0 Å². The third-order valence-electron chi connectivity index (χ3n) is 2.56. The first-order valence-corrected chi connectivity index (χ1v) is 8.01. The van der Waals surface area contributed by atoms with Crippen molar-refractivity contribution in [2.24, 2.45) is 0 Å². The first-order chi connectivity index (χ1) is 9.74. The second-order valence-corrected chi connectivity index (χ2v) is 6.40. The summed E-state index contributed by atoms with van der Waals surface area (Å²) in [6.45, 7) is 5.28. The van der Waals surface area contributed by atoms with Crippen molar-refractivity contribution >= 4 is 22.0 Å². The molecule has 7 nitrogen and oxygen atoms in total. The Morgan fingerprint density at radius 3 is 2.62 bits per heavy atom. The summed E-state index contributed by atoms with van der Waals surface area (Å²) in [6.07, 6.45) is -1.39. The van der Waals surface area contributed by atoms with Crippen LogP contribution >= 0.6 is 0 Å². The molecule has 0 saturated heterocycles. The highest BCUT2D eigenvalue weighted by molar-refractivity contribution is 7.87. The van der Waals surface area contributed by atoms with E-state index >= 15 is 0 Å². The highest BCUT2D eigenvalue weighted by atomic mass is 32.2. The highest BCUT2D eigenvalue weighted by Gasteiger charge is 2.24. The maximum absolute atomic E-state index is 12.1. The van der Waals surface area contributed by atoms with Crippen LogP contribution in [0.2, 0.25) is 0 Å². The summed E-state index contributed by atoms with van der Waals surface area (Å²) in [5, 5.41) is 0. The normalized spacial score (nSPS) is 11.7. The summed E-state index contributed by atoms with van der Waals surface area (Å²) in [5.74, 6) is 0. The van der Waals surface area contributed by atoms with E-state index in [1.807, 2.05) is 4.72 Å². The molecule has 0 aliphatic carbocycles. The van der Waals surface area contributed by atoms with E-state index in [0.717, 1.165) is 9.87 Å². The van der Waals surface area contributed by atoms with Crippen molar-refractivity contribution in [2.45, 2.75) is 33.4 Å². The summed E-state index contributed by atoms with van der Waals surface area (Å²) >= 11 is 0. The quantitative estimate of drug-likeness (QED) is 0.774. The molecule has 0 saturated carbocycles. The van der Waals surface area contributed by atoms with Gasteiger partial charge < -0.3 is 10.5 Å². The van der Waals surface area contributed by atoms with E-state index in [1.165, 1.54) is 0 Å². The monoisotopic (exact) mass is 315 g/mol. The van der Waals surface area contributed by atoms with Crippen LogP contribution in [-0.2, 0) is 21.5 Å². The van der Waals surface area contributed by atoms with E-state index in [9.17, 15) is 13.2 Å². The van der Waals surface area contributed by atoms with Crippen LogP contribution < -0.4 is 10.5 Å². The molecule has 1 aromatic carbocycles. The molecule has 118 valence electrons. The Morgan fingerprint density at radius 1 is 1.43 bits per heavy atom. The Labute approximate surface area is 125 Å². The second-order valence-electron chi connectivity index (χ2n) is 4.73. The van der Waals surface area contributed by atoms with Gasteiger partial charge in [0.2, 0.25) is 0 Å². The van der Waals surface area contributed by atoms with Gasteiger partial charge in [0.05, 0.1) is 6.10 Å². The minimum atomic E-state index is -3.96. The zero-order valence-electron chi connectivity index (χ0n) is 12.4. The van der Waals surface area contributed by atoms with Crippen molar-refractivity contribution in [3.8, 4) is 0 Å². The molecule has 0 aliphatic rings. The largest absolute Gasteiger partial charge is 0.446 e. The molecule has 3 N–H and O–H groups in total. The lowest BCUT2D eigenvalue weighted by atomic mass is 10.2.